The van der Waals surface area contributed by atoms with E-state index in [-0.39, 0.29) is 0 Å². The van der Waals surface area contributed by atoms with Crippen LogP contribution in [0.2, 0.25) is 0 Å². The standard InChI is InChI=1S/C18H15FN4O2/c1-10-3-6-14(9-11(10)2)23-16-15(20-21-23)17(24)22(18(16)25)13-7-4-12(19)5-8-13/h3-9,15-16H,1-2H3/t15-,16+/m1/s1. The maximum atomic E-state index is 13.1. The highest BCUT2D eigenvalue weighted by Crippen LogP contribution is 2.35. The van der Waals surface area contributed by atoms with Gasteiger partial charge in [-0.25, -0.2) is 14.3 Å². The average Bonchev–Trinajstić information content (AvgIpc) is 3.13. The summed E-state index contributed by atoms with van der Waals surface area (Å²) in [6.45, 7) is 3.96. The maximum Gasteiger partial charge on any atom is 0.263 e. The first-order chi connectivity index (χ1) is 12.0. The van der Waals surface area contributed by atoms with Crippen molar-refractivity contribution in [3.05, 3.63) is 59.4 Å². The Morgan fingerprint density at radius 1 is 0.920 bits per heavy atom. The first-order valence-corrected chi connectivity index (χ1v) is 7.88. The predicted octanol–water partition coefficient (Wildman–Crippen LogP) is 2.94. The number of rotatable bonds is 2. The molecule has 2 aliphatic heterocycles. The van der Waals surface area contributed by atoms with Crippen molar-refractivity contribution in [2.75, 3.05) is 9.91 Å². The van der Waals surface area contributed by atoms with Crippen LogP contribution in [0.25, 0.3) is 0 Å². The van der Waals surface area contributed by atoms with Crippen molar-refractivity contribution in [2.45, 2.75) is 25.9 Å². The Morgan fingerprint density at radius 3 is 2.28 bits per heavy atom. The zero-order valence-electron chi connectivity index (χ0n) is 13.7. The van der Waals surface area contributed by atoms with Gasteiger partial charge in [-0.05, 0) is 61.4 Å². The maximum absolute atomic E-state index is 13.1. The number of amides is 2. The fourth-order valence-electron chi connectivity index (χ4n) is 3.09. The Morgan fingerprint density at radius 2 is 1.60 bits per heavy atom. The van der Waals surface area contributed by atoms with Gasteiger partial charge < -0.3 is 0 Å². The summed E-state index contributed by atoms with van der Waals surface area (Å²) >= 11 is 0. The highest BCUT2D eigenvalue weighted by molar-refractivity contribution is 6.26. The minimum atomic E-state index is -0.876. The smallest absolute Gasteiger partial charge is 0.263 e. The number of halogens is 1. The molecule has 4 rings (SSSR count). The molecule has 2 atom stereocenters. The van der Waals surface area contributed by atoms with Crippen LogP contribution >= 0.6 is 0 Å². The predicted molar refractivity (Wildman–Crippen MR) is 89.7 cm³/mol. The van der Waals surface area contributed by atoms with Crippen molar-refractivity contribution in [1.82, 2.24) is 0 Å². The van der Waals surface area contributed by atoms with Crippen LogP contribution in [-0.2, 0) is 9.59 Å². The molecule has 0 radical (unpaired) electrons. The monoisotopic (exact) mass is 338 g/mol. The van der Waals surface area contributed by atoms with Crippen LogP contribution in [0.3, 0.4) is 0 Å². The average molecular weight is 338 g/mol. The lowest BCUT2D eigenvalue weighted by molar-refractivity contribution is -0.121. The third kappa shape index (κ3) is 2.31. The first-order valence-electron chi connectivity index (χ1n) is 7.88. The second-order valence-electron chi connectivity index (χ2n) is 6.20. The number of nitrogens with zero attached hydrogens (tertiary/aromatic N) is 4. The van der Waals surface area contributed by atoms with E-state index in [2.05, 4.69) is 10.3 Å². The lowest BCUT2D eigenvalue weighted by Crippen LogP contribution is -2.40. The van der Waals surface area contributed by atoms with Crippen molar-refractivity contribution in [1.29, 1.82) is 0 Å². The number of hydrogen-bond acceptors (Lipinski definition) is 5. The molecule has 0 aromatic heterocycles. The molecule has 6 nitrogen and oxygen atoms in total. The van der Waals surface area contributed by atoms with E-state index in [0.29, 0.717) is 11.4 Å². The molecular weight excluding hydrogens is 323 g/mol. The number of benzene rings is 2. The molecule has 0 unspecified atom stereocenters. The van der Waals surface area contributed by atoms with Crippen LogP contribution in [0.15, 0.2) is 52.8 Å². The van der Waals surface area contributed by atoms with Crippen molar-refractivity contribution in [3.8, 4) is 0 Å². The molecule has 126 valence electrons. The van der Waals surface area contributed by atoms with Crippen molar-refractivity contribution in [3.63, 3.8) is 0 Å². The van der Waals surface area contributed by atoms with Gasteiger partial charge in [-0.1, -0.05) is 11.3 Å². The molecule has 0 bridgehead atoms. The number of carbonyl (C=O) groups is 2. The Labute approximate surface area is 143 Å². The molecule has 2 aromatic rings. The molecule has 0 aliphatic carbocycles. The van der Waals surface area contributed by atoms with E-state index in [0.717, 1.165) is 16.0 Å². The third-order valence-corrected chi connectivity index (χ3v) is 4.62. The number of aryl methyl sites for hydroxylation is 2. The van der Waals surface area contributed by atoms with E-state index in [1.54, 1.807) is 0 Å². The van der Waals surface area contributed by atoms with Gasteiger partial charge in [0.15, 0.2) is 12.1 Å². The van der Waals surface area contributed by atoms with Gasteiger partial charge in [-0.3, -0.25) is 9.59 Å². The quantitative estimate of drug-likeness (QED) is 0.791. The minimum Gasteiger partial charge on any atom is -0.271 e. The second kappa shape index (κ2) is 5.47. The summed E-state index contributed by atoms with van der Waals surface area (Å²) in [6.07, 6.45) is 0. The largest absolute Gasteiger partial charge is 0.271 e. The van der Waals surface area contributed by atoms with Gasteiger partial charge in [0, 0.05) is 0 Å². The van der Waals surface area contributed by atoms with Crippen LogP contribution in [-0.4, -0.2) is 23.9 Å². The summed E-state index contributed by atoms with van der Waals surface area (Å²) in [6, 6.07) is 9.26. The van der Waals surface area contributed by atoms with E-state index >= 15 is 0 Å². The van der Waals surface area contributed by atoms with Crippen molar-refractivity contribution >= 4 is 23.2 Å². The number of imide groups is 1. The van der Waals surface area contributed by atoms with Crippen LogP contribution < -0.4 is 9.91 Å². The Kier molecular flexibility index (Phi) is 3.38. The van der Waals surface area contributed by atoms with Crippen LogP contribution in [0.1, 0.15) is 11.1 Å². The van der Waals surface area contributed by atoms with E-state index < -0.39 is 29.7 Å². The number of hydrogen-bond donors (Lipinski definition) is 0. The summed E-state index contributed by atoms with van der Waals surface area (Å²) in [7, 11) is 0. The minimum absolute atomic E-state index is 0.334. The number of carbonyl (C=O) groups excluding carboxylic acids is 2. The summed E-state index contributed by atoms with van der Waals surface area (Å²) < 4.78 is 13.1. The third-order valence-electron chi connectivity index (χ3n) is 4.62. The molecular formula is C18H15FN4O2. The zero-order valence-corrected chi connectivity index (χ0v) is 13.7. The van der Waals surface area contributed by atoms with E-state index in [9.17, 15) is 14.0 Å². The normalized spacial score (nSPS) is 22.0. The highest BCUT2D eigenvalue weighted by Gasteiger charge is 2.55. The van der Waals surface area contributed by atoms with Crippen LogP contribution in [0.4, 0.5) is 15.8 Å². The molecule has 25 heavy (non-hydrogen) atoms. The van der Waals surface area contributed by atoms with E-state index in [1.165, 1.54) is 29.3 Å². The summed E-state index contributed by atoms with van der Waals surface area (Å²) in [5, 5.41) is 9.52. The van der Waals surface area contributed by atoms with Gasteiger partial charge in [0.2, 0.25) is 0 Å². The molecule has 0 saturated carbocycles. The zero-order chi connectivity index (χ0) is 17.7. The molecule has 1 fully saturated rings. The van der Waals surface area contributed by atoms with Crippen molar-refractivity contribution < 1.29 is 14.0 Å². The Bertz CT molecular complexity index is 910. The molecule has 1 saturated heterocycles. The molecule has 2 aliphatic rings. The first kappa shape index (κ1) is 15.4. The van der Waals surface area contributed by atoms with Gasteiger partial charge in [-0.15, -0.1) is 0 Å². The topological polar surface area (TPSA) is 65.3 Å². The van der Waals surface area contributed by atoms with E-state index in [1.807, 2.05) is 32.0 Å². The fourth-order valence-corrected chi connectivity index (χ4v) is 3.09. The van der Waals surface area contributed by atoms with E-state index in [4.69, 9.17) is 0 Å². The molecule has 7 heteroatoms. The summed E-state index contributed by atoms with van der Waals surface area (Å²) in [5.74, 6) is -1.29. The van der Waals surface area contributed by atoms with Gasteiger partial charge in [0.25, 0.3) is 11.8 Å². The van der Waals surface area contributed by atoms with Gasteiger partial charge in [0.05, 0.1) is 11.4 Å². The summed E-state index contributed by atoms with van der Waals surface area (Å²) in [5.41, 5.74) is 3.23. The molecule has 0 N–H and O–H groups in total. The van der Waals surface area contributed by atoms with Crippen molar-refractivity contribution in [2.24, 2.45) is 10.3 Å². The fraction of sp³-hybridized carbons (Fsp3) is 0.222. The van der Waals surface area contributed by atoms with Crippen LogP contribution in [0.5, 0.6) is 0 Å². The molecule has 0 spiro atoms. The highest BCUT2D eigenvalue weighted by atomic mass is 19.1. The lowest BCUT2D eigenvalue weighted by atomic mass is 10.1. The SMILES string of the molecule is Cc1ccc(N2N=N[C@H]3C(=O)N(c4ccc(F)cc4)C(=O)[C@H]32)cc1C. The van der Waals surface area contributed by atoms with Gasteiger partial charge in [-0.2, -0.15) is 5.11 Å². The van der Waals surface area contributed by atoms with Gasteiger partial charge in [0.1, 0.15) is 5.82 Å². The van der Waals surface area contributed by atoms with Crippen LogP contribution in [0, 0.1) is 19.7 Å². The Hall–Kier alpha value is -3.09. The number of anilines is 2. The van der Waals surface area contributed by atoms with Gasteiger partial charge >= 0.3 is 0 Å². The number of fused-ring (bicyclic) bond motifs is 1. The second-order valence-corrected chi connectivity index (χ2v) is 6.20. The molecule has 2 amide bonds. The lowest BCUT2D eigenvalue weighted by Gasteiger charge is -2.21. The molecule has 2 heterocycles. The summed E-state index contributed by atoms with van der Waals surface area (Å²) in [4.78, 5) is 26.5. The Balaban J connectivity index is 1.70. The molecule has 2 aromatic carbocycles.